The number of nitrogens with two attached hydrogens (primary N) is 1. The van der Waals surface area contributed by atoms with E-state index in [4.69, 9.17) is 5.73 Å². The fourth-order valence-electron chi connectivity index (χ4n) is 2.70. The molecular weight excluding hydrogens is 213 g/mol. The predicted octanol–water partition coefficient (Wildman–Crippen LogP) is 4.07. The lowest BCUT2D eigenvalue weighted by atomic mass is 9.76. The van der Waals surface area contributed by atoms with E-state index in [0.29, 0.717) is 5.92 Å². The second-order valence-corrected chi connectivity index (χ2v) is 5.64. The van der Waals surface area contributed by atoms with Crippen molar-refractivity contribution in [2.75, 3.05) is 0 Å². The Morgan fingerprint density at radius 3 is 2.35 bits per heavy atom. The predicted molar refractivity (Wildman–Crippen MR) is 69.4 cm³/mol. The van der Waals surface area contributed by atoms with Crippen molar-refractivity contribution in [3.8, 4) is 0 Å². The minimum Gasteiger partial charge on any atom is -0.321 e. The van der Waals surface area contributed by atoms with Gasteiger partial charge in [0.05, 0.1) is 0 Å². The van der Waals surface area contributed by atoms with Crippen molar-refractivity contribution >= 4 is 0 Å². The van der Waals surface area contributed by atoms with E-state index in [-0.39, 0.29) is 11.4 Å². The molecule has 1 fully saturated rings. The van der Waals surface area contributed by atoms with Crippen LogP contribution in [0.15, 0.2) is 18.2 Å². The molecule has 1 saturated carbocycles. The molecule has 0 aliphatic heterocycles. The number of rotatable bonds is 2. The zero-order chi connectivity index (χ0) is 12.5. The minimum atomic E-state index is -0.302. The van der Waals surface area contributed by atoms with Gasteiger partial charge in [-0.3, -0.25) is 0 Å². The van der Waals surface area contributed by atoms with E-state index in [0.717, 1.165) is 36.8 Å². The number of hydrogen-bond donors (Lipinski definition) is 1. The summed E-state index contributed by atoms with van der Waals surface area (Å²) < 4.78 is 13.7. The Morgan fingerprint density at radius 2 is 1.76 bits per heavy atom. The van der Waals surface area contributed by atoms with E-state index in [1.54, 1.807) is 12.1 Å². The molecule has 0 unspecified atom stereocenters. The topological polar surface area (TPSA) is 26.0 Å². The number of halogens is 1. The molecule has 0 bridgehead atoms. The summed E-state index contributed by atoms with van der Waals surface area (Å²) in [7, 11) is 0. The van der Waals surface area contributed by atoms with Gasteiger partial charge in [0.2, 0.25) is 0 Å². The van der Waals surface area contributed by atoms with Crippen LogP contribution in [0.2, 0.25) is 0 Å². The molecule has 1 aromatic rings. The highest BCUT2D eigenvalue weighted by Gasteiger charge is 2.30. The van der Waals surface area contributed by atoms with Gasteiger partial charge < -0.3 is 5.73 Å². The molecule has 2 rings (SSSR count). The van der Waals surface area contributed by atoms with Crippen LogP contribution in [0.5, 0.6) is 0 Å². The molecule has 0 spiro atoms. The quantitative estimate of drug-likeness (QED) is 0.821. The Kier molecular flexibility index (Phi) is 3.53. The maximum atomic E-state index is 13.7. The molecule has 1 aromatic carbocycles. The van der Waals surface area contributed by atoms with Crippen molar-refractivity contribution in [3.05, 3.63) is 35.1 Å². The molecule has 0 atom stereocenters. The van der Waals surface area contributed by atoms with Gasteiger partial charge in [0.15, 0.2) is 0 Å². The maximum absolute atomic E-state index is 13.7. The lowest BCUT2D eigenvalue weighted by molar-refractivity contribution is 0.301. The SMILES string of the molecule is CC(C)c1cc(F)cc(C2(N)CCCCC2)c1. The molecule has 1 aliphatic rings. The first-order valence-corrected chi connectivity index (χ1v) is 6.61. The van der Waals surface area contributed by atoms with Crippen molar-refractivity contribution in [2.45, 2.75) is 57.4 Å². The molecule has 0 heterocycles. The van der Waals surface area contributed by atoms with Crippen molar-refractivity contribution in [1.82, 2.24) is 0 Å². The number of benzene rings is 1. The first-order valence-electron chi connectivity index (χ1n) is 6.61. The van der Waals surface area contributed by atoms with E-state index in [1.165, 1.54) is 6.42 Å². The van der Waals surface area contributed by atoms with E-state index < -0.39 is 0 Å². The smallest absolute Gasteiger partial charge is 0.123 e. The van der Waals surface area contributed by atoms with Gasteiger partial charge in [-0.2, -0.15) is 0 Å². The maximum Gasteiger partial charge on any atom is 0.123 e. The molecule has 0 saturated heterocycles. The van der Waals surface area contributed by atoms with Crippen LogP contribution in [0, 0.1) is 5.82 Å². The van der Waals surface area contributed by atoms with Crippen LogP contribution in [0.4, 0.5) is 4.39 Å². The first kappa shape index (κ1) is 12.6. The average Bonchev–Trinajstić information content (AvgIpc) is 2.29. The van der Waals surface area contributed by atoms with Crippen LogP contribution in [0.25, 0.3) is 0 Å². The summed E-state index contributed by atoms with van der Waals surface area (Å²) >= 11 is 0. The van der Waals surface area contributed by atoms with Gasteiger partial charge in [-0.1, -0.05) is 39.2 Å². The highest BCUT2D eigenvalue weighted by atomic mass is 19.1. The molecule has 1 nitrogen and oxygen atoms in total. The minimum absolute atomic E-state index is 0.151. The highest BCUT2D eigenvalue weighted by molar-refractivity contribution is 5.32. The summed E-state index contributed by atoms with van der Waals surface area (Å²) in [4.78, 5) is 0. The van der Waals surface area contributed by atoms with Gasteiger partial charge >= 0.3 is 0 Å². The average molecular weight is 235 g/mol. The van der Waals surface area contributed by atoms with Crippen molar-refractivity contribution in [1.29, 1.82) is 0 Å². The summed E-state index contributed by atoms with van der Waals surface area (Å²) in [6.45, 7) is 4.17. The second kappa shape index (κ2) is 4.77. The van der Waals surface area contributed by atoms with Crippen LogP contribution in [-0.2, 0) is 5.54 Å². The summed E-state index contributed by atoms with van der Waals surface area (Å²) in [6, 6.07) is 5.34. The molecule has 94 valence electrons. The molecule has 17 heavy (non-hydrogen) atoms. The summed E-state index contributed by atoms with van der Waals surface area (Å²) in [6.07, 6.45) is 5.53. The highest BCUT2D eigenvalue weighted by Crippen LogP contribution is 2.36. The molecule has 2 N–H and O–H groups in total. The zero-order valence-corrected chi connectivity index (χ0v) is 10.8. The lowest BCUT2D eigenvalue weighted by Crippen LogP contribution is -2.38. The second-order valence-electron chi connectivity index (χ2n) is 5.64. The van der Waals surface area contributed by atoms with Crippen molar-refractivity contribution in [3.63, 3.8) is 0 Å². The standard InChI is InChI=1S/C15H22FN/c1-11(2)12-8-13(10-14(16)9-12)15(17)6-4-3-5-7-15/h8-11H,3-7,17H2,1-2H3. The molecular formula is C15H22FN. The third-order valence-corrected chi connectivity index (χ3v) is 3.91. The van der Waals surface area contributed by atoms with E-state index >= 15 is 0 Å². The van der Waals surface area contributed by atoms with Gasteiger partial charge in [0, 0.05) is 5.54 Å². The van der Waals surface area contributed by atoms with Crippen molar-refractivity contribution in [2.24, 2.45) is 5.73 Å². The molecule has 0 aromatic heterocycles. The van der Waals surface area contributed by atoms with Gasteiger partial charge in [0.1, 0.15) is 5.82 Å². The molecule has 0 radical (unpaired) electrons. The Balaban J connectivity index is 2.37. The summed E-state index contributed by atoms with van der Waals surface area (Å²) in [5.41, 5.74) is 8.19. The zero-order valence-electron chi connectivity index (χ0n) is 10.8. The van der Waals surface area contributed by atoms with Gasteiger partial charge in [-0.15, -0.1) is 0 Å². The Labute approximate surface area is 103 Å². The van der Waals surface area contributed by atoms with Crippen molar-refractivity contribution < 1.29 is 4.39 Å². The summed E-state index contributed by atoms with van der Waals surface area (Å²) in [5, 5.41) is 0. The normalized spacial score (nSPS) is 19.6. The Bertz CT molecular complexity index is 392. The third kappa shape index (κ3) is 2.68. The van der Waals surface area contributed by atoms with Crippen LogP contribution >= 0.6 is 0 Å². The number of hydrogen-bond acceptors (Lipinski definition) is 1. The summed E-state index contributed by atoms with van der Waals surface area (Å²) in [5.74, 6) is 0.193. The van der Waals surface area contributed by atoms with Gasteiger partial charge in [0.25, 0.3) is 0 Å². The molecule has 2 heteroatoms. The molecule has 1 aliphatic carbocycles. The van der Waals surface area contributed by atoms with Crippen LogP contribution in [-0.4, -0.2) is 0 Å². The fraction of sp³-hybridized carbons (Fsp3) is 0.600. The largest absolute Gasteiger partial charge is 0.321 e. The Morgan fingerprint density at radius 1 is 1.12 bits per heavy atom. The monoisotopic (exact) mass is 235 g/mol. The fourth-order valence-corrected chi connectivity index (χ4v) is 2.70. The van der Waals surface area contributed by atoms with E-state index in [9.17, 15) is 4.39 Å². The lowest BCUT2D eigenvalue weighted by Gasteiger charge is -2.34. The van der Waals surface area contributed by atoms with Crippen LogP contribution < -0.4 is 5.73 Å². The van der Waals surface area contributed by atoms with Crippen LogP contribution in [0.1, 0.15) is 63.0 Å². The van der Waals surface area contributed by atoms with Crippen LogP contribution in [0.3, 0.4) is 0 Å². The van der Waals surface area contributed by atoms with E-state index in [1.807, 2.05) is 0 Å². The first-order chi connectivity index (χ1) is 8.01. The third-order valence-electron chi connectivity index (χ3n) is 3.91. The van der Waals surface area contributed by atoms with E-state index in [2.05, 4.69) is 19.9 Å². The van der Waals surface area contributed by atoms with Gasteiger partial charge in [-0.05, 0) is 42.0 Å². The Hall–Kier alpha value is -0.890. The molecule has 0 amide bonds. The van der Waals surface area contributed by atoms with Gasteiger partial charge in [-0.25, -0.2) is 4.39 Å².